The van der Waals surface area contributed by atoms with Crippen molar-refractivity contribution in [3.63, 3.8) is 0 Å². The Labute approximate surface area is 125 Å². The summed E-state index contributed by atoms with van der Waals surface area (Å²) in [6.45, 7) is 4.17. The van der Waals surface area contributed by atoms with Crippen molar-refractivity contribution >= 4 is 11.7 Å². The van der Waals surface area contributed by atoms with Gasteiger partial charge in [-0.2, -0.15) is 0 Å². The molecule has 2 saturated heterocycles. The van der Waals surface area contributed by atoms with Gasteiger partial charge in [-0.05, 0) is 25.0 Å². The van der Waals surface area contributed by atoms with E-state index < -0.39 is 0 Å². The van der Waals surface area contributed by atoms with Gasteiger partial charge in [-0.3, -0.25) is 0 Å². The predicted molar refractivity (Wildman–Crippen MR) is 82.5 cm³/mol. The second kappa shape index (κ2) is 6.80. The monoisotopic (exact) mass is 289 g/mol. The molecule has 2 fully saturated rings. The van der Waals surface area contributed by atoms with Gasteiger partial charge in [0.05, 0.1) is 6.61 Å². The Hall–Kier alpha value is -1.75. The number of nitrogens with zero attached hydrogens (tertiary/aromatic N) is 1. The van der Waals surface area contributed by atoms with Crippen molar-refractivity contribution in [3.05, 3.63) is 30.3 Å². The minimum Gasteiger partial charge on any atom is -0.381 e. The average molecular weight is 289 g/mol. The molecule has 2 amide bonds. The number of amides is 2. The van der Waals surface area contributed by atoms with Crippen LogP contribution in [0.3, 0.4) is 0 Å². The SMILES string of the molecule is O=C(NC[C@@H]1CCOC1)N[C@H]1CCN(c2ccccc2)C1. The van der Waals surface area contributed by atoms with E-state index in [9.17, 15) is 4.79 Å². The van der Waals surface area contributed by atoms with E-state index in [4.69, 9.17) is 4.74 Å². The van der Waals surface area contributed by atoms with Crippen LogP contribution in [0.2, 0.25) is 0 Å². The molecule has 0 spiro atoms. The number of rotatable bonds is 4. The lowest BCUT2D eigenvalue weighted by molar-refractivity contribution is 0.185. The highest BCUT2D eigenvalue weighted by Gasteiger charge is 2.24. The molecule has 114 valence electrons. The fourth-order valence-corrected chi connectivity index (χ4v) is 2.97. The summed E-state index contributed by atoms with van der Waals surface area (Å²) in [4.78, 5) is 14.2. The fourth-order valence-electron chi connectivity index (χ4n) is 2.97. The summed E-state index contributed by atoms with van der Waals surface area (Å²) in [6, 6.07) is 10.5. The summed E-state index contributed by atoms with van der Waals surface area (Å²) in [5.41, 5.74) is 1.23. The summed E-state index contributed by atoms with van der Waals surface area (Å²) >= 11 is 0. The normalized spacial score (nSPS) is 25.0. The number of carbonyl (C=O) groups excluding carboxylic acids is 1. The lowest BCUT2D eigenvalue weighted by Gasteiger charge is -2.19. The highest BCUT2D eigenvalue weighted by molar-refractivity contribution is 5.74. The maximum atomic E-state index is 11.9. The zero-order valence-corrected chi connectivity index (χ0v) is 12.3. The molecule has 5 heteroatoms. The maximum Gasteiger partial charge on any atom is 0.315 e. The van der Waals surface area contributed by atoms with E-state index in [1.54, 1.807) is 0 Å². The van der Waals surface area contributed by atoms with Crippen molar-refractivity contribution in [2.24, 2.45) is 5.92 Å². The third kappa shape index (κ3) is 3.88. The summed E-state index contributed by atoms with van der Waals surface area (Å²) in [6.07, 6.45) is 2.04. The Bertz CT molecular complexity index is 460. The van der Waals surface area contributed by atoms with Crippen molar-refractivity contribution < 1.29 is 9.53 Å². The van der Waals surface area contributed by atoms with Gasteiger partial charge in [0.15, 0.2) is 0 Å². The van der Waals surface area contributed by atoms with Gasteiger partial charge in [-0.1, -0.05) is 18.2 Å². The van der Waals surface area contributed by atoms with Crippen LogP contribution in [0.5, 0.6) is 0 Å². The molecule has 21 heavy (non-hydrogen) atoms. The van der Waals surface area contributed by atoms with Crippen LogP contribution >= 0.6 is 0 Å². The summed E-state index contributed by atoms with van der Waals surface area (Å²) < 4.78 is 5.31. The van der Waals surface area contributed by atoms with Crippen LogP contribution in [0.15, 0.2) is 30.3 Å². The standard InChI is InChI=1S/C16H23N3O2/c20-16(17-10-13-7-9-21-12-13)18-14-6-8-19(11-14)15-4-2-1-3-5-15/h1-5,13-14H,6-12H2,(H2,17,18,20)/t13-,14-/m0/s1. The second-order valence-corrected chi connectivity index (χ2v) is 5.85. The molecule has 2 N–H and O–H groups in total. The quantitative estimate of drug-likeness (QED) is 0.885. The Morgan fingerprint density at radius 2 is 2.14 bits per heavy atom. The molecule has 2 aliphatic rings. The highest BCUT2D eigenvalue weighted by atomic mass is 16.5. The van der Waals surface area contributed by atoms with Crippen LogP contribution in [0.25, 0.3) is 0 Å². The van der Waals surface area contributed by atoms with Crippen molar-refractivity contribution in [3.8, 4) is 0 Å². The maximum absolute atomic E-state index is 11.9. The third-order valence-electron chi connectivity index (χ3n) is 4.22. The zero-order valence-electron chi connectivity index (χ0n) is 12.3. The zero-order chi connectivity index (χ0) is 14.5. The van der Waals surface area contributed by atoms with Gasteiger partial charge in [0.25, 0.3) is 0 Å². The number of hydrogen-bond acceptors (Lipinski definition) is 3. The minimum absolute atomic E-state index is 0.0539. The van der Waals surface area contributed by atoms with Crippen LogP contribution in [-0.2, 0) is 4.74 Å². The van der Waals surface area contributed by atoms with E-state index >= 15 is 0 Å². The van der Waals surface area contributed by atoms with Crippen molar-refractivity contribution in [2.75, 3.05) is 37.7 Å². The molecule has 1 aromatic rings. The summed E-state index contributed by atoms with van der Waals surface area (Å²) in [7, 11) is 0. The number of ether oxygens (including phenoxy) is 1. The van der Waals surface area contributed by atoms with E-state index in [1.807, 2.05) is 18.2 Å². The molecule has 0 saturated carbocycles. The molecule has 0 aliphatic carbocycles. The van der Waals surface area contributed by atoms with Crippen molar-refractivity contribution in [2.45, 2.75) is 18.9 Å². The van der Waals surface area contributed by atoms with Crippen LogP contribution in [0.4, 0.5) is 10.5 Å². The Kier molecular flexibility index (Phi) is 4.60. The van der Waals surface area contributed by atoms with Crippen LogP contribution < -0.4 is 15.5 Å². The first-order valence-corrected chi connectivity index (χ1v) is 7.73. The van der Waals surface area contributed by atoms with Gasteiger partial charge in [0.1, 0.15) is 0 Å². The van der Waals surface area contributed by atoms with Gasteiger partial charge in [-0.15, -0.1) is 0 Å². The second-order valence-electron chi connectivity index (χ2n) is 5.85. The summed E-state index contributed by atoms with van der Waals surface area (Å²) in [5, 5.41) is 6.03. The minimum atomic E-state index is -0.0539. The topological polar surface area (TPSA) is 53.6 Å². The van der Waals surface area contributed by atoms with Gasteiger partial charge in [0.2, 0.25) is 0 Å². The van der Waals surface area contributed by atoms with Crippen LogP contribution in [-0.4, -0.2) is 44.9 Å². The molecule has 2 atom stereocenters. The van der Waals surface area contributed by atoms with Gasteiger partial charge in [0, 0.05) is 43.9 Å². The smallest absolute Gasteiger partial charge is 0.315 e. The average Bonchev–Trinajstić information content (AvgIpc) is 3.17. The molecule has 0 aromatic heterocycles. The largest absolute Gasteiger partial charge is 0.381 e. The first-order chi connectivity index (χ1) is 10.3. The molecule has 1 aromatic carbocycles. The van der Waals surface area contributed by atoms with E-state index in [0.717, 1.165) is 39.1 Å². The highest BCUT2D eigenvalue weighted by Crippen LogP contribution is 2.19. The first kappa shape index (κ1) is 14.2. The third-order valence-corrected chi connectivity index (χ3v) is 4.22. The number of anilines is 1. The number of hydrogen-bond donors (Lipinski definition) is 2. The van der Waals surface area contributed by atoms with Crippen molar-refractivity contribution in [1.29, 1.82) is 0 Å². The number of nitrogens with one attached hydrogen (secondary N) is 2. The fraction of sp³-hybridized carbons (Fsp3) is 0.562. The number of carbonyl (C=O) groups is 1. The molecule has 2 aliphatic heterocycles. The molecule has 0 bridgehead atoms. The van der Waals surface area contributed by atoms with Gasteiger partial charge in [-0.25, -0.2) is 4.79 Å². The first-order valence-electron chi connectivity index (χ1n) is 7.73. The number of benzene rings is 1. The lowest BCUT2D eigenvalue weighted by atomic mass is 10.1. The molecular weight excluding hydrogens is 266 g/mol. The summed E-state index contributed by atoms with van der Waals surface area (Å²) in [5.74, 6) is 0.472. The van der Waals surface area contributed by atoms with Gasteiger partial charge < -0.3 is 20.3 Å². The Morgan fingerprint density at radius 3 is 2.90 bits per heavy atom. The Morgan fingerprint density at radius 1 is 1.29 bits per heavy atom. The molecule has 0 unspecified atom stereocenters. The molecule has 5 nitrogen and oxygen atoms in total. The van der Waals surface area contributed by atoms with E-state index in [2.05, 4.69) is 27.7 Å². The van der Waals surface area contributed by atoms with Gasteiger partial charge >= 0.3 is 6.03 Å². The lowest BCUT2D eigenvalue weighted by Crippen LogP contribution is -2.44. The van der Waals surface area contributed by atoms with E-state index in [-0.39, 0.29) is 12.1 Å². The predicted octanol–water partition coefficient (Wildman–Crippen LogP) is 1.60. The molecular formula is C16H23N3O2. The number of para-hydroxylation sites is 1. The molecule has 2 heterocycles. The van der Waals surface area contributed by atoms with Crippen molar-refractivity contribution in [1.82, 2.24) is 10.6 Å². The van der Waals surface area contributed by atoms with E-state index in [1.165, 1.54) is 5.69 Å². The Balaban J connectivity index is 1.41. The van der Waals surface area contributed by atoms with Crippen LogP contribution in [0, 0.1) is 5.92 Å². The molecule has 0 radical (unpaired) electrons. The van der Waals surface area contributed by atoms with Crippen LogP contribution in [0.1, 0.15) is 12.8 Å². The number of urea groups is 1. The molecule has 3 rings (SSSR count). The van der Waals surface area contributed by atoms with E-state index in [0.29, 0.717) is 12.5 Å².